The molecule has 3 atom stereocenters. The SMILES string of the molecule is CC(C)(C)NC(=O)c1cccc(SC(C)(O)C(Cc2ccccc2)NC(=O)CC(NC(=O)c2ccc3ccccc3n2)C(N)=O)c1. The highest BCUT2D eigenvalue weighted by atomic mass is 32.2. The molecule has 46 heavy (non-hydrogen) atoms. The fourth-order valence-corrected chi connectivity index (χ4v) is 5.83. The van der Waals surface area contributed by atoms with Crippen LogP contribution in [-0.2, 0) is 16.0 Å². The van der Waals surface area contributed by atoms with Crippen LogP contribution in [0.4, 0.5) is 0 Å². The summed E-state index contributed by atoms with van der Waals surface area (Å²) in [5, 5.41) is 20.9. The van der Waals surface area contributed by atoms with E-state index in [9.17, 15) is 24.3 Å². The summed E-state index contributed by atoms with van der Waals surface area (Å²) in [6, 6.07) is 24.6. The van der Waals surface area contributed by atoms with E-state index in [0.29, 0.717) is 16.0 Å². The van der Waals surface area contributed by atoms with Crippen molar-refractivity contribution in [2.24, 2.45) is 5.73 Å². The Balaban J connectivity index is 1.50. The van der Waals surface area contributed by atoms with Gasteiger partial charge in [0, 0.05) is 21.4 Å². The van der Waals surface area contributed by atoms with E-state index in [-0.39, 0.29) is 18.0 Å². The molecule has 10 nitrogen and oxygen atoms in total. The number of aromatic nitrogens is 1. The van der Waals surface area contributed by atoms with Crippen molar-refractivity contribution in [3.63, 3.8) is 0 Å². The third-order valence-corrected chi connectivity index (χ3v) is 8.23. The number of benzene rings is 3. The molecule has 3 unspecified atom stereocenters. The number of thioether (sulfide) groups is 1. The molecule has 0 spiro atoms. The van der Waals surface area contributed by atoms with E-state index in [1.54, 1.807) is 49.4 Å². The first-order valence-electron chi connectivity index (χ1n) is 14.8. The zero-order valence-corrected chi connectivity index (χ0v) is 27.1. The lowest BCUT2D eigenvalue weighted by Gasteiger charge is -2.33. The Hall–Kier alpha value is -4.74. The predicted molar refractivity (Wildman–Crippen MR) is 179 cm³/mol. The highest BCUT2D eigenvalue weighted by Crippen LogP contribution is 2.35. The molecule has 3 aromatic carbocycles. The number of nitrogens with one attached hydrogen (secondary N) is 3. The van der Waals surface area contributed by atoms with Crippen molar-refractivity contribution in [1.82, 2.24) is 20.9 Å². The number of carbonyl (C=O) groups is 4. The summed E-state index contributed by atoms with van der Waals surface area (Å²) >= 11 is 1.09. The van der Waals surface area contributed by atoms with Gasteiger partial charge in [0.05, 0.1) is 18.0 Å². The van der Waals surface area contributed by atoms with Gasteiger partial charge >= 0.3 is 0 Å². The Morgan fingerprint density at radius 3 is 2.24 bits per heavy atom. The number of hydrogen-bond acceptors (Lipinski definition) is 7. The summed E-state index contributed by atoms with van der Waals surface area (Å²) in [7, 11) is 0. The first kappa shape index (κ1) is 34.1. The Morgan fingerprint density at radius 2 is 1.54 bits per heavy atom. The average molecular weight is 642 g/mol. The fraction of sp³-hybridized carbons (Fsp3) is 0.286. The third kappa shape index (κ3) is 9.63. The number of amides is 4. The van der Waals surface area contributed by atoms with E-state index >= 15 is 0 Å². The fourth-order valence-electron chi connectivity index (χ4n) is 4.73. The van der Waals surface area contributed by atoms with Crippen LogP contribution in [0.3, 0.4) is 0 Å². The number of nitrogens with two attached hydrogens (primary N) is 1. The van der Waals surface area contributed by atoms with Crippen molar-refractivity contribution in [1.29, 1.82) is 0 Å². The largest absolute Gasteiger partial charge is 0.377 e. The maximum absolute atomic E-state index is 13.4. The third-order valence-electron chi connectivity index (χ3n) is 7.04. The van der Waals surface area contributed by atoms with Gasteiger partial charge in [0.25, 0.3) is 11.8 Å². The molecular formula is C35H39N5O5S. The van der Waals surface area contributed by atoms with Crippen LogP contribution in [0.25, 0.3) is 10.9 Å². The second-order valence-corrected chi connectivity index (χ2v) is 13.7. The minimum Gasteiger partial charge on any atom is -0.377 e. The van der Waals surface area contributed by atoms with Gasteiger partial charge in [-0.15, -0.1) is 0 Å². The highest BCUT2D eigenvalue weighted by Gasteiger charge is 2.36. The second-order valence-electron chi connectivity index (χ2n) is 12.2. The Bertz CT molecular complexity index is 1720. The minimum atomic E-state index is -1.56. The molecule has 6 N–H and O–H groups in total. The molecule has 4 aromatic rings. The van der Waals surface area contributed by atoms with Crippen molar-refractivity contribution in [2.45, 2.75) is 68.0 Å². The Kier molecular flexibility index (Phi) is 10.8. The number of rotatable bonds is 12. The quantitative estimate of drug-likeness (QED) is 0.115. The minimum absolute atomic E-state index is 0.0741. The number of carbonyl (C=O) groups excluding carboxylic acids is 4. The van der Waals surface area contributed by atoms with Crippen molar-refractivity contribution >= 4 is 46.3 Å². The average Bonchev–Trinajstić information content (AvgIpc) is 2.99. The van der Waals surface area contributed by atoms with Gasteiger partial charge in [-0.1, -0.05) is 72.4 Å². The topological polar surface area (TPSA) is 164 Å². The van der Waals surface area contributed by atoms with Gasteiger partial charge in [0.1, 0.15) is 16.7 Å². The monoisotopic (exact) mass is 641 g/mol. The summed E-state index contributed by atoms with van der Waals surface area (Å²) in [6.45, 7) is 7.24. The maximum Gasteiger partial charge on any atom is 0.270 e. The second kappa shape index (κ2) is 14.6. The van der Waals surface area contributed by atoms with Crippen molar-refractivity contribution in [3.05, 3.63) is 108 Å². The molecule has 4 amide bonds. The van der Waals surface area contributed by atoms with Crippen LogP contribution < -0.4 is 21.7 Å². The number of fused-ring (bicyclic) bond motifs is 1. The highest BCUT2D eigenvalue weighted by molar-refractivity contribution is 8.00. The number of para-hydroxylation sites is 1. The summed E-state index contributed by atoms with van der Waals surface area (Å²) in [6.07, 6.45) is -0.200. The van der Waals surface area contributed by atoms with Crippen LogP contribution in [-0.4, -0.2) is 56.3 Å². The van der Waals surface area contributed by atoms with Crippen LogP contribution in [0.1, 0.15) is 60.5 Å². The molecule has 0 radical (unpaired) electrons. The zero-order chi connectivity index (χ0) is 33.5. The standard InChI is InChI=1S/C35H39N5O5S/c1-34(2,3)40-32(43)24-14-10-15-25(20-24)46-35(4,45)29(19-22-11-6-5-7-12-22)39-30(41)21-28(31(36)42)38-33(44)27-18-17-23-13-8-9-16-26(23)37-27/h5-18,20,28-29,45H,19,21H2,1-4H3,(H2,36,42)(H,38,44)(H,39,41)(H,40,43). The van der Waals surface area contributed by atoms with E-state index in [1.807, 2.05) is 63.2 Å². The summed E-state index contributed by atoms with van der Waals surface area (Å²) < 4.78 is 0. The number of nitrogens with zero attached hydrogens (tertiary/aromatic N) is 1. The number of primary amides is 1. The van der Waals surface area contributed by atoms with Gasteiger partial charge in [-0.2, -0.15) is 0 Å². The van der Waals surface area contributed by atoms with Gasteiger partial charge in [0.2, 0.25) is 11.8 Å². The summed E-state index contributed by atoms with van der Waals surface area (Å²) in [5.74, 6) is -2.39. The van der Waals surface area contributed by atoms with Crippen molar-refractivity contribution < 1.29 is 24.3 Å². The predicted octanol–water partition coefficient (Wildman–Crippen LogP) is 3.97. The lowest BCUT2D eigenvalue weighted by atomic mass is 10.0. The maximum atomic E-state index is 13.4. The first-order chi connectivity index (χ1) is 21.7. The Morgan fingerprint density at radius 1 is 0.848 bits per heavy atom. The van der Waals surface area contributed by atoms with Gasteiger partial charge in [0.15, 0.2) is 0 Å². The smallest absolute Gasteiger partial charge is 0.270 e. The van der Waals surface area contributed by atoms with Crippen LogP contribution in [0.2, 0.25) is 0 Å². The molecule has 4 rings (SSSR count). The molecule has 0 aliphatic carbocycles. The summed E-state index contributed by atoms with van der Waals surface area (Å²) in [5.41, 5.74) is 7.12. The van der Waals surface area contributed by atoms with E-state index in [0.717, 1.165) is 22.7 Å². The molecule has 0 aliphatic heterocycles. The van der Waals surface area contributed by atoms with Crippen molar-refractivity contribution in [2.75, 3.05) is 0 Å². The molecule has 11 heteroatoms. The van der Waals surface area contributed by atoms with Gasteiger partial charge in [-0.25, -0.2) is 4.98 Å². The molecule has 1 aromatic heterocycles. The van der Waals surface area contributed by atoms with E-state index in [1.165, 1.54) is 6.07 Å². The molecule has 0 bridgehead atoms. The summed E-state index contributed by atoms with van der Waals surface area (Å²) in [4.78, 5) is 54.8. The number of aliphatic hydroxyl groups is 1. The Labute approximate surface area is 272 Å². The van der Waals surface area contributed by atoms with Gasteiger partial charge < -0.3 is 26.8 Å². The van der Waals surface area contributed by atoms with Gasteiger partial charge in [-0.05, 0) is 70.0 Å². The van der Waals surface area contributed by atoms with E-state index in [2.05, 4.69) is 20.9 Å². The molecule has 240 valence electrons. The number of pyridine rings is 1. The molecule has 1 heterocycles. The van der Waals surface area contributed by atoms with Crippen LogP contribution in [0, 0.1) is 0 Å². The molecule has 0 aliphatic rings. The van der Waals surface area contributed by atoms with Crippen LogP contribution in [0.15, 0.2) is 95.9 Å². The molecule has 0 fully saturated rings. The molecule has 0 saturated heterocycles. The lowest BCUT2D eigenvalue weighted by molar-refractivity contribution is -0.127. The van der Waals surface area contributed by atoms with Crippen LogP contribution in [0.5, 0.6) is 0 Å². The van der Waals surface area contributed by atoms with Crippen molar-refractivity contribution in [3.8, 4) is 0 Å². The van der Waals surface area contributed by atoms with Crippen LogP contribution >= 0.6 is 11.8 Å². The first-order valence-corrected chi connectivity index (χ1v) is 15.6. The van der Waals surface area contributed by atoms with E-state index in [4.69, 9.17) is 5.73 Å². The lowest BCUT2D eigenvalue weighted by Crippen LogP contribution is -2.53. The normalized spacial score (nSPS) is 14.0. The molecule has 0 saturated carbocycles. The van der Waals surface area contributed by atoms with E-state index < -0.39 is 46.7 Å². The van der Waals surface area contributed by atoms with Gasteiger partial charge in [-0.3, -0.25) is 19.2 Å². The molecular weight excluding hydrogens is 602 g/mol. The number of hydrogen-bond donors (Lipinski definition) is 5. The zero-order valence-electron chi connectivity index (χ0n) is 26.2.